The maximum atomic E-state index is 13.2. The molecule has 1 aliphatic heterocycles. The van der Waals surface area contributed by atoms with E-state index in [2.05, 4.69) is 5.32 Å². The molecule has 1 aliphatic rings. The summed E-state index contributed by atoms with van der Waals surface area (Å²) in [5.74, 6) is -0.575. The summed E-state index contributed by atoms with van der Waals surface area (Å²) < 4.78 is 29.3. The number of carbonyl (C=O) groups excluding carboxylic acids is 1. The van der Waals surface area contributed by atoms with Gasteiger partial charge in [-0.3, -0.25) is 9.59 Å². The molecule has 1 saturated heterocycles. The van der Waals surface area contributed by atoms with Crippen molar-refractivity contribution in [2.24, 2.45) is 0 Å². The van der Waals surface area contributed by atoms with Crippen molar-refractivity contribution in [3.63, 3.8) is 0 Å². The molecule has 0 saturated carbocycles. The Bertz CT molecular complexity index is 1370. The predicted molar refractivity (Wildman–Crippen MR) is 133 cm³/mol. The monoisotopic (exact) mass is 479 g/mol. The van der Waals surface area contributed by atoms with Gasteiger partial charge in [-0.2, -0.15) is 4.31 Å². The molecule has 1 aromatic heterocycles. The maximum Gasteiger partial charge on any atom is 0.263 e. The van der Waals surface area contributed by atoms with Crippen molar-refractivity contribution < 1.29 is 13.2 Å². The number of piperidine rings is 1. The fourth-order valence-electron chi connectivity index (χ4n) is 4.24. The lowest BCUT2D eigenvalue weighted by molar-refractivity contribution is 0.102. The number of aromatic nitrogens is 1. The van der Waals surface area contributed by atoms with Crippen molar-refractivity contribution in [1.82, 2.24) is 8.87 Å². The van der Waals surface area contributed by atoms with Crippen LogP contribution in [0.2, 0.25) is 0 Å². The summed E-state index contributed by atoms with van der Waals surface area (Å²) in [6.07, 6.45) is 4.37. The first kappa shape index (κ1) is 23.9. The van der Waals surface area contributed by atoms with Crippen LogP contribution >= 0.6 is 0 Å². The van der Waals surface area contributed by atoms with E-state index in [-0.39, 0.29) is 10.5 Å². The third-order valence-corrected chi connectivity index (χ3v) is 8.12. The molecule has 4 rings (SSSR count). The number of benzene rings is 2. The number of nitrogens with one attached hydrogen (secondary N) is 1. The van der Waals surface area contributed by atoms with Crippen LogP contribution in [0.4, 0.5) is 5.69 Å². The molecule has 0 bridgehead atoms. The van der Waals surface area contributed by atoms with E-state index in [9.17, 15) is 18.0 Å². The SMILES string of the molecule is Cc1cccc(Cn2cccc(C(=O)Nc3ccc(C)c(S(=O)(=O)N4CCCCC4)c3)c2=O)c1. The average Bonchev–Trinajstić information content (AvgIpc) is 2.82. The van der Waals surface area contributed by atoms with E-state index in [4.69, 9.17) is 0 Å². The zero-order valence-corrected chi connectivity index (χ0v) is 20.3. The van der Waals surface area contributed by atoms with Crippen LogP contribution in [0.25, 0.3) is 0 Å². The van der Waals surface area contributed by atoms with Gasteiger partial charge in [0, 0.05) is 25.0 Å². The molecule has 0 aliphatic carbocycles. The Labute approximate surface area is 200 Å². The number of hydrogen-bond donors (Lipinski definition) is 1. The highest BCUT2D eigenvalue weighted by Crippen LogP contribution is 2.26. The van der Waals surface area contributed by atoms with Gasteiger partial charge in [0.2, 0.25) is 10.0 Å². The molecule has 2 aromatic carbocycles. The maximum absolute atomic E-state index is 13.2. The summed E-state index contributed by atoms with van der Waals surface area (Å²) in [7, 11) is -3.65. The molecule has 1 amide bonds. The standard InChI is InChI=1S/C26H29N3O4S/c1-19-8-6-9-21(16-19)18-28-13-7-10-23(26(28)31)25(30)27-22-12-11-20(2)24(17-22)34(32,33)29-14-4-3-5-15-29/h6-13,16-17H,3-5,14-15,18H2,1-2H3,(H,27,30). The summed E-state index contributed by atoms with van der Waals surface area (Å²) in [5.41, 5.74) is 2.59. The van der Waals surface area contributed by atoms with Crippen LogP contribution in [-0.2, 0) is 16.6 Å². The molecule has 1 N–H and O–H groups in total. The zero-order chi connectivity index (χ0) is 24.3. The summed E-state index contributed by atoms with van der Waals surface area (Å²) in [6.45, 7) is 5.08. The topological polar surface area (TPSA) is 88.5 Å². The molecule has 34 heavy (non-hydrogen) atoms. The number of pyridine rings is 1. The average molecular weight is 480 g/mol. The Hall–Kier alpha value is -3.23. The minimum atomic E-state index is -3.65. The highest BCUT2D eigenvalue weighted by atomic mass is 32.2. The van der Waals surface area contributed by atoms with Crippen LogP contribution in [-0.4, -0.2) is 36.3 Å². The Balaban J connectivity index is 1.57. The number of nitrogens with zero attached hydrogens (tertiary/aromatic N) is 2. The van der Waals surface area contributed by atoms with Gasteiger partial charge in [0.1, 0.15) is 5.56 Å². The Morgan fingerprint density at radius 1 is 0.971 bits per heavy atom. The number of sulfonamides is 1. The number of aryl methyl sites for hydroxylation is 2. The molecule has 0 atom stereocenters. The van der Waals surface area contributed by atoms with E-state index in [1.807, 2.05) is 31.2 Å². The van der Waals surface area contributed by atoms with Gasteiger partial charge in [0.25, 0.3) is 11.5 Å². The third kappa shape index (κ3) is 5.13. The minimum absolute atomic E-state index is 0.00355. The van der Waals surface area contributed by atoms with Gasteiger partial charge < -0.3 is 9.88 Å². The normalized spacial score (nSPS) is 14.6. The number of hydrogen-bond acceptors (Lipinski definition) is 4. The summed E-state index contributed by atoms with van der Waals surface area (Å²) in [5, 5.41) is 2.71. The number of carbonyl (C=O) groups is 1. The quantitative estimate of drug-likeness (QED) is 0.580. The van der Waals surface area contributed by atoms with Gasteiger partial charge in [0.05, 0.1) is 11.4 Å². The molecule has 0 unspecified atom stereocenters. The zero-order valence-electron chi connectivity index (χ0n) is 19.5. The van der Waals surface area contributed by atoms with E-state index in [1.165, 1.54) is 21.0 Å². The second kappa shape index (κ2) is 9.95. The van der Waals surface area contributed by atoms with Crippen molar-refractivity contribution in [2.75, 3.05) is 18.4 Å². The van der Waals surface area contributed by atoms with E-state index in [0.717, 1.165) is 30.4 Å². The Kier molecular flexibility index (Phi) is 7.00. The largest absolute Gasteiger partial charge is 0.322 e. The van der Waals surface area contributed by atoms with Gasteiger partial charge in [-0.25, -0.2) is 8.42 Å². The second-order valence-corrected chi connectivity index (χ2v) is 10.6. The van der Waals surface area contributed by atoms with Gasteiger partial charge in [0.15, 0.2) is 0 Å². The molecular formula is C26H29N3O4S. The predicted octanol–water partition coefficient (Wildman–Crippen LogP) is 3.94. The van der Waals surface area contributed by atoms with E-state index in [1.54, 1.807) is 31.3 Å². The summed E-state index contributed by atoms with van der Waals surface area (Å²) in [4.78, 5) is 26.1. The lowest BCUT2D eigenvalue weighted by Crippen LogP contribution is -2.36. The summed E-state index contributed by atoms with van der Waals surface area (Å²) in [6, 6.07) is 15.8. The van der Waals surface area contributed by atoms with Gasteiger partial charge in [-0.1, -0.05) is 42.3 Å². The molecular weight excluding hydrogens is 450 g/mol. The van der Waals surface area contributed by atoms with Crippen LogP contribution in [0.5, 0.6) is 0 Å². The number of amides is 1. The van der Waals surface area contributed by atoms with Gasteiger partial charge in [-0.15, -0.1) is 0 Å². The van der Waals surface area contributed by atoms with Gasteiger partial charge in [-0.05, 0) is 62.1 Å². The van der Waals surface area contributed by atoms with Gasteiger partial charge >= 0.3 is 0 Å². The second-order valence-electron chi connectivity index (χ2n) is 8.74. The van der Waals surface area contributed by atoms with Crippen LogP contribution in [0.15, 0.2) is 70.5 Å². The van der Waals surface area contributed by atoms with Crippen molar-refractivity contribution in [3.8, 4) is 0 Å². The van der Waals surface area contributed by atoms with Crippen LogP contribution < -0.4 is 10.9 Å². The minimum Gasteiger partial charge on any atom is -0.322 e. The molecule has 8 heteroatoms. The van der Waals surface area contributed by atoms with E-state index < -0.39 is 21.5 Å². The van der Waals surface area contributed by atoms with Crippen LogP contribution in [0.1, 0.15) is 46.3 Å². The van der Waals surface area contributed by atoms with E-state index in [0.29, 0.717) is 30.9 Å². The van der Waals surface area contributed by atoms with E-state index >= 15 is 0 Å². The molecule has 7 nitrogen and oxygen atoms in total. The molecule has 0 radical (unpaired) electrons. The Morgan fingerprint density at radius 3 is 2.47 bits per heavy atom. The third-order valence-electron chi connectivity index (χ3n) is 6.08. The molecule has 1 fully saturated rings. The summed E-state index contributed by atoms with van der Waals surface area (Å²) >= 11 is 0. The lowest BCUT2D eigenvalue weighted by atomic mass is 10.1. The first-order chi connectivity index (χ1) is 16.3. The highest BCUT2D eigenvalue weighted by Gasteiger charge is 2.27. The van der Waals surface area contributed by atoms with Crippen molar-refractivity contribution in [3.05, 3.63) is 93.4 Å². The van der Waals surface area contributed by atoms with Crippen LogP contribution in [0, 0.1) is 13.8 Å². The van der Waals surface area contributed by atoms with Crippen molar-refractivity contribution in [1.29, 1.82) is 0 Å². The van der Waals surface area contributed by atoms with Crippen molar-refractivity contribution in [2.45, 2.75) is 44.6 Å². The van der Waals surface area contributed by atoms with Crippen molar-refractivity contribution >= 4 is 21.6 Å². The first-order valence-corrected chi connectivity index (χ1v) is 12.9. The van der Waals surface area contributed by atoms with Crippen LogP contribution in [0.3, 0.4) is 0 Å². The number of rotatable bonds is 6. The fourth-order valence-corrected chi connectivity index (χ4v) is 6.01. The fraction of sp³-hybridized carbons (Fsp3) is 0.308. The molecule has 178 valence electrons. The molecule has 2 heterocycles. The molecule has 3 aromatic rings. The molecule has 0 spiro atoms. The number of anilines is 1. The Morgan fingerprint density at radius 2 is 1.74 bits per heavy atom. The smallest absolute Gasteiger partial charge is 0.263 e. The lowest BCUT2D eigenvalue weighted by Gasteiger charge is -2.26. The highest BCUT2D eigenvalue weighted by molar-refractivity contribution is 7.89. The first-order valence-electron chi connectivity index (χ1n) is 11.4.